The van der Waals surface area contributed by atoms with E-state index >= 15 is 0 Å². The zero-order chi connectivity index (χ0) is 15.2. The predicted octanol–water partition coefficient (Wildman–Crippen LogP) is 3.74. The van der Waals surface area contributed by atoms with Crippen LogP contribution in [0.25, 0.3) is 0 Å². The Hall–Kier alpha value is -1.00. The van der Waals surface area contributed by atoms with Crippen LogP contribution in [0.3, 0.4) is 0 Å². The molecule has 1 fully saturated rings. The van der Waals surface area contributed by atoms with Crippen LogP contribution >= 0.6 is 0 Å². The van der Waals surface area contributed by atoms with E-state index in [4.69, 9.17) is 0 Å². The lowest BCUT2D eigenvalue weighted by molar-refractivity contribution is 0.164. The summed E-state index contributed by atoms with van der Waals surface area (Å²) >= 11 is 0. The summed E-state index contributed by atoms with van der Waals surface area (Å²) in [7, 11) is 1.80. The van der Waals surface area contributed by atoms with Gasteiger partial charge in [0.05, 0.1) is 0 Å². The molecule has 0 spiro atoms. The molecule has 1 aromatic rings. The van der Waals surface area contributed by atoms with Crippen molar-refractivity contribution in [3.8, 4) is 0 Å². The molecule has 0 bridgehead atoms. The van der Waals surface area contributed by atoms with Crippen LogP contribution < -0.4 is 5.32 Å². The molecule has 118 valence electrons. The Kier molecular flexibility index (Phi) is 6.12. The molecular weight excluding hydrogens is 270 g/mol. The molecule has 0 aliphatic carbocycles. The molecule has 1 aromatic carbocycles. The first kappa shape index (κ1) is 16.4. The summed E-state index contributed by atoms with van der Waals surface area (Å²) in [5, 5.41) is 3.12. The summed E-state index contributed by atoms with van der Waals surface area (Å²) in [5.41, 5.74) is 0.424. The minimum atomic E-state index is -0.769. The molecule has 21 heavy (non-hydrogen) atoms. The molecular formula is C17H26F2N2. The van der Waals surface area contributed by atoms with Gasteiger partial charge in [-0.3, -0.25) is 0 Å². The van der Waals surface area contributed by atoms with Crippen LogP contribution in [-0.2, 0) is 0 Å². The monoisotopic (exact) mass is 296 g/mol. The van der Waals surface area contributed by atoms with E-state index in [-0.39, 0.29) is 6.04 Å². The number of hydrogen-bond acceptors (Lipinski definition) is 2. The maximum absolute atomic E-state index is 13.9. The summed E-state index contributed by atoms with van der Waals surface area (Å²) in [5.74, 6) is -0.655. The van der Waals surface area contributed by atoms with Gasteiger partial charge in [0.1, 0.15) is 0 Å². The second kappa shape index (κ2) is 7.85. The second-order valence-corrected chi connectivity index (χ2v) is 6.02. The zero-order valence-corrected chi connectivity index (χ0v) is 13.0. The minimum Gasteiger partial charge on any atom is -0.312 e. The highest BCUT2D eigenvalue weighted by molar-refractivity contribution is 5.23. The summed E-state index contributed by atoms with van der Waals surface area (Å²) in [6.07, 6.45) is 4.99. The zero-order valence-electron chi connectivity index (χ0n) is 13.0. The third-order valence-electron chi connectivity index (χ3n) is 4.55. The molecule has 2 nitrogen and oxygen atoms in total. The Labute approximate surface area is 126 Å². The average Bonchev–Trinajstić information content (AvgIpc) is 2.50. The molecule has 1 unspecified atom stereocenters. The SMILES string of the molecule is CCCC1CCN(CC(NC)c2cccc(F)c2F)CC1. The van der Waals surface area contributed by atoms with Crippen molar-refractivity contribution in [2.45, 2.75) is 38.6 Å². The van der Waals surface area contributed by atoms with Crippen molar-refractivity contribution in [3.05, 3.63) is 35.4 Å². The fourth-order valence-corrected chi connectivity index (χ4v) is 3.26. The van der Waals surface area contributed by atoms with Gasteiger partial charge in [0.2, 0.25) is 0 Å². The number of piperidine rings is 1. The number of nitrogens with one attached hydrogen (secondary N) is 1. The predicted molar refractivity (Wildman–Crippen MR) is 82.2 cm³/mol. The van der Waals surface area contributed by atoms with E-state index in [0.29, 0.717) is 5.56 Å². The van der Waals surface area contributed by atoms with E-state index in [0.717, 1.165) is 25.6 Å². The molecule has 1 heterocycles. The highest BCUT2D eigenvalue weighted by atomic mass is 19.2. The molecule has 1 saturated heterocycles. The number of rotatable bonds is 6. The molecule has 1 aliphatic rings. The van der Waals surface area contributed by atoms with Crippen molar-refractivity contribution < 1.29 is 8.78 Å². The second-order valence-electron chi connectivity index (χ2n) is 6.02. The van der Waals surface area contributed by atoms with E-state index in [1.165, 1.54) is 31.7 Å². The molecule has 0 radical (unpaired) electrons. The molecule has 1 atom stereocenters. The molecule has 1 aliphatic heterocycles. The Bertz CT molecular complexity index is 442. The average molecular weight is 296 g/mol. The quantitative estimate of drug-likeness (QED) is 0.860. The van der Waals surface area contributed by atoms with Crippen LogP contribution in [0.5, 0.6) is 0 Å². The van der Waals surface area contributed by atoms with Gasteiger partial charge >= 0.3 is 0 Å². The van der Waals surface area contributed by atoms with Crippen LogP contribution in [0, 0.1) is 17.6 Å². The highest BCUT2D eigenvalue weighted by Crippen LogP contribution is 2.25. The minimum absolute atomic E-state index is 0.163. The lowest BCUT2D eigenvalue weighted by atomic mass is 9.92. The smallest absolute Gasteiger partial charge is 0.163 e. The van der Waals surface area contributed by atoms with E-state index < -0.39 is 11.6 Å². The topological polar surface area (TPSA) is 15.3 Å². The first-order valence-electron chi connectivity index (χ1n) is 7.99. The van der Waals surface area contributed by atoms with Gasteiger partial charge in [-0.25, -0.2) is 8.78 Å². The molecule has 0 aromatic heterocycles. The Morgan fingerprint density at radius 2 is 2.00 bits per heavy atom. The van der Waals surface area contributed by atoms with Gasteiger partial charge in [-0.1, -0.05) is 31.9 Å². The molecule has 0 saturated carbocycles. The van der Waals surface area contributed by atoms with Crippen LogP contribution in [0.15, 0.2) is 18.2 Å². The van der Waals surface area contributed by atoms with Crippen molar-refractivity contribution in [2.24, 2.45) is 5.92 Å². The maximum atomic E-state index is 13.9. The lowest BCUT2D eigenvalue weighted by Crippen LogP contribution is -2.39. The number of benzene rings is 1. The third-order valence-corrected chi connectivity index (χ3v) is 4.55. The van der Waals surface area contributed by atoms with Gasteiger partial charge in [-0.15, -0.1) is 0 Å². The summed E-state index contributed by atoms with van der Waals surface area (Å²) in [6, 6.07) is 4.25. The van der Waals surface area contributed by atoms with E-state index in [9.17, 15) is 8.78 Å². The Morgan fingerprint density at radius 1 is 1.29 bits per heavy atom. The van der Waals surface area contributed by atoms with Crippen LogP contribution in [0.1, 0.15) is 44.2 Å². The first-order chi connectivity index (χ1) is 10.2. The molecule has 0 amide bonds. The number of hydrogen-bond donors (Lipinski definition) is 1. The summed E-state index contributed by atoms with van der Waals surface area (Å²) in [4.78, 5) is 2.36. The highest BCUT2D eigenvalue weighted by Gasteiger charge is 2.23. The van der Waals surface area contributed by atoms with Crippen LogP contribution in [0.4, 0.5) is 8.78 Å². The van der Waals surface area contributed by atoms with Gasteiger partial charge in [-0.2, -0.15) is 0 Å². The van der Waals surface area contributed by atoms with Crippen molar-refractivity contribution in [2.75, 3.05) is 26.7 Å². The molecule has 4 heteroatoms. The van der Waals surface area contributed by atoms with Gasteiger partial charge < -0.3 is 10.2 Å². The summed E-state index contributed by atoms with van der Waals surface area (Å²) in [6.45, 7) is 5.07. The maximum Gasteiger partial charge on any atom is 0.163 e. The van der Waals surface area contributed by atoms with Gasteiger partial charge in [0, 0.05) is 18.2 Å². The normalized spacial score (nSPS) is 18.9. The largest absolute Gasteiger partial charge is 0.312 e. The number of halogens is 2. The van der Waals surface area contributed by atoms with Crippen LogP contribution in [-0.4, -0.2) is 31.6 Å². The number of nitrogens with zero attached hydrogens (tertiary/aromatic N) is 1. The van der Waals surface area contributed by atoms with Gasteiger partial charge in [0.15, 0.2) is 11.6 Å². The van der Waals surface area contributed by atoms with E-state index in [1.807, 2.05) is 0 Å². The Morgan fingerprint density at radius 3 is 2.62 bits per heavy atom. The van der Waals surface area contributed by atoms with Gasteiger partial charge in [-0.05, 0) is 45.0 Å². The number of likely N-dealkylation sites (N-methyl/N-ethyl adjacent to an activating group) is 1. The third kappa shape index (κ3) is 4.24. The Balaban J connectivity index is 1.96. The molecule has 2 rings (SSSR count). The fraction of sp³-hybridized carbons (Fsp3) is 0.647. The van der Waals surface area contributed by atoms with Gasteiger partial charge in [0.25, 0.3) is 0 Å². The first-order valence-corrected chi connectivity index (χ1v) is 7.99. The van der Waals surface area contributed by atoms with Crippen molar-refractivity contribution in [1.82, 2.24) is 10.2 Å². The van der Waals surface area contributed by atoms with E-state index in [1.54, 1.807) is 19.2 Å². The molecule has 1 N–H and O–H groups in total. The fourth-order valence-electron chi connectivity index (χ4n) is 3.26. The summed E-state index contributed by atoms with van der Waals surface area (Å²) < 4.78 is 27.3. The lowest BCUT2D eigenvalue weighted by Gasteiger charge is -2.34. The van der Waals surface area contributed by atoms with E-state index in [2.05, 4.69) is 17.1 Å². The van der Waals surface area contributed by atoms with Crippen molar-refractivity contribution >= 4 is 0 Å². The van der Waals surface area contributed by atoms with Crippen molar-refractivity contribution in [1.29, 1.82) is 0 Å². The van der Waals surface area contributed by atoms with Crippen LogP contribution in [0.2, 0.25) is 0 Å². The standard InChI is InChI=1S/C17H26F2N2/c1-3-5-13-8-10-21(11-9-13)12-16(20-2)14-6-4-7-15(18)17(14)19/h4,6-7,13,16,20H,3,5,8-12H2,1-2H3. The van der Waals surface area contributed by atoms with Crippen molar-refractivity contribution in [3.63, 3.8) is 0 Å². The number of likely N-dealkylation sites (tertiary alicyclic amines) is 1.